The second kappa shape index (κ2) is 7.09. The summed E-state index contributed by atoms with van der Waals surface area (Å²) < 4.78 is 2.13. The molecule has 0 radical (unpaired) electrons. The number of benzene rings is 2. The summed E-state index contributed by atoms with van der Waals surface area (Å²) in [4.78, 5) is 9.58. The molecule has 0 aliphatic carbocycles. The van der Waals surface area contributed by atoms with E-state index in [-0.39, 0.29) is 0 Å². The number of aryl methyl sites for hydroxylation is 1. The fourth-order valence-corrected chi connectivity index (χ4v) is 4.09. The second-order valence-electron chi connectivity index (χ2n) is 7.10. The molecule has 3 aromatic rings. The van der Waals surface area contributed by atoms with E-state index in [2.05, 4.69) is 51.5 Å². The number of imidazole rings is 1. The van der Waals surface area contributed by atoms with Crippen LogP contribution in [0.5, 0.6) is 5.75 Å². The predicted molar refractivity (Wildman–Crippen MR) is 104 cm³/mol. The quantitative estimate of drug-likeness (QED) is 0.785. The summed E-state index contributed by atoms with van der Waals surface area (Å²) in [5.74, 6) is 1.46. The molecule has 1 saturated heterocycles. The molecule has 5 heteroatoms. The van der Waals surface area contributed by atoms with Crippen LogP contribution in [0, 0.1) is 0 Å². The summed E-state index contributed by atoms with van der Waals surface area (Å²) in [6.45, 7) is 7.09. The molecule has 1 aliphatic heterocycles. The van der Waals surface area contributed by atoms with Gasteiger partial charge in [0.05, 0.1) is 6.04 Å². The molecule has 0 amide bonds. The molecule has 1 N–H and O–H groups in total. The standard InChI is InChI=1S/C21H26N4O/c1-3-25-11-10-24(15-20(25)21-22-8-9-23(21)2)14-17-13-18(26)12-16-6-4-5-7-19(16)17/h4-9,12-13,20,26H,3,10-11,14-15H2,1-2H3. The van der Waals surface area contributed by atoms with Crippen LogP contribution in [0.3, 0.4) is 0 Å². The van der Waals surface area contributed by atoms with Crippen molar-refractivity contribution in [3.63, 3.8) is 0 Å². The van der Waals surface area contributed by atoms with Crippen molar-refractivity contribution in [2.45, 2.75) is 19.5 Å². The highest BCUT2D eigenvalue weighted by molar-refractivity contribution is 5.87. The van der Waals surface area contributed by atoms with E-state index in [4.69, 9.17) is 0 Å². The van der Waals surface area contributed by atoms with Gasteiger partial charge >= 0.3 is 0 Å². The van der Waals surface area contributed by atoms with Crippen molar-refractivity contribution >= 4 is 10.8 Å². The molecule has 0 spiro atoms. The van der Waals surface area contributed by atoms with Crippen LogP contribution in [0.15, 0.2) is 48.8 Å². The highest BCUT2D eigenvalue weighted by Crippen LogP contribution is 2.29. The Balaban J connectivity index is 1.61. The summed E-state index contributed by atoms with van der Waals surface area (Å²) in [6, 6.07) is 12.3. The number of fused-ring (bicyclic) bond motifs is 1. The molecular weight excluding hydrogens is 324 g/mol. The Bertz CT molecular complexity index is 904. The smallest absolute Gasteiger partial charge is 0.127 e. The first-order valence-corrected chi connectivity index (χ1v) is 9.30. The number of hydrogen-bond acceptors (Lipinski definition) is 4. The molecule has 5 nitrogen and oxygen atoms in total. The minimum atomic E-state index is 0.303. The average Bonchev–Trinajstić information content (AvgIpc) is 3.07. The van der Waals surface area contributed by atoms with Gasteiger partial charge in [0.15, 0.2) is 0 Å². The number of phenolic OH excluding ortho intramolecular Hbond substituents is 1. The van der Waals surface area contributed by atoms with Crippen LogP contribution >= 0.6 is 0 Å². The molecule has 1 unspecified atom stereocenters. The van der Waals surface area contributed by atoms with Crippen LogP contribution < -0.4 is 0 Å². The van der Waals surface area contributed by atoms with Gasteiger partial charge in [-0.25, -0.2) is 4.98 Å². The molecular formula is C21H26N4O. The van der Waals surface area contributed by atoms with Gasteiger partial charge < -0.3 is 9.67 Å². The molecule has 1 atom stereocenters. The summed E-state index contributed by atoms with van der Waals surface area (Å²) in [5.41, 5.74) is 1.18. The molecule has 2 aromatic carbocycles. The lowest BCUT2D eigenvalue weighted by molar-refractivity contribution is 0.0681. The van der Waals surface area contributed by atoms with Gasteiger partial charge in [-0.3, -0.25) is 9.80 Å². The normalized spacial score (nSPS) is 19.2. The van der Waals surface area contributed by atoms with Crippen LogP contribution in [0.25, 0.3) is 10.8 Å². The zero-order valence-corrected chi connectivity index (χ0v) is 15.5. The van der Waals surface area contributed by atoms with E-state index in [1.807, 2.05) is 30.6 Å². The largest absolute Gasteiger partial charge is 0.508 e. The summed E-state index contributed by atoms with van der Waals surface area (Å²) >= 11 is 0. The first-order valence-electron chi connectivity index (χ1n) is 9.30. The van der Waals surface area contributed by atoms with Gasteiger partial charge in [-0.05, 0) is 35.0 Å². The number of hydrogen-bond donors (Lipinski definition) is 1. The number of aromatic hydroxyl groups is 1. The molecule has 4 rings (SSSR count). The Morgan fingerprint density at radius 1 is 1.19 bits per heavy atom. The number of aromatic nitrogens is 2. The van der Waals surface area contributed by atoms with Gasteiger partial charge in [-0.15, -0.1) is 0 Å². The summed E-state index contributed by atoms with van der Waals surface area (Å²) in [5, 5.41) is 12.4. The van der Waals surface area contributed by atoms with E-state index in [0.717, 1.165) is 43.9 Å². The molecule has 0 bridgehead atoms. The average molecular weight is 350 g/mol. The summed E-state index contributed by atoms with van der Waals surface area (Å²) in [6.07, 6.45) is 3.90. The molecule has 26 heavy (non-hydrogen) atoms. The van der Waals surface area contributed by atoms with Crippen molar-refractivity contribution < 1.29 is 5.11 Å². The molecule has 1 aromatic heterocycles. The monoisotopic (exact) mass is 350 g/mol. The van der Waals surface area contributed by atoms with Crippen LogP contribution in [-0.2, 0) is 13.6 Å². The summed E-state index contributed by atoms with van der Waals surface area (Å²) in [7, 11) is 2.07. The molecule has 136 valence electrons. The first-order chi connectivity index (χ1) is 12.7. The maximum absolute atomic E-state index is 10.1. The van der Waals surface area contributed by atoms with Crippen molar-refractivity contribution in [1.82, 2.24) is 19.4 Å². The molecule has 1 fully saturated rings. The maximum atomic E-state index is 10.1. The minimum Gasteiger partial charge on any atom is -0.508 e. The van der Waals surface area contributed by atoms with Gasteiger partial charge in [0.2, 0.25) is 0 Å². The van der Waals surface area contributed by atoms with Gasteiger partial charge in [0.1, 0.15) is 11.6 Å². The molecule has 0 saturated carbocycles. The van der Waals surface area contributed by atoms with Crippen LogP contribution in [0.2, 0.25) is 0 Å². The fraction of sp³-hybridized carbons (Fsp3) is 0.381. The lowest BCUT2D eigenvalue weighted by atomic mass is 10.0. The second-order valence-corrected chi connectivity index (χ2v) is 7.10. The zero-order chi connectivity index (χ0) is 18.1. The molecule has 1 aliphatic rings. The molecule has 2 heterocycles. The number of likely N-dealkylation sites (N-methyl/N-ethyl adjacent to an activating group) is 1. The van der Waals surface area contributed by atoms with Gasteiger partial charge in [0, 0.05) is 45.6 Å². The lowest BCUT2D eigenvalue weighted by Crippen LogP contribution is -2.48. The van der Waals surface area contributed by atoms with Crippen molar-refractivity contribution in [3.05, 3.63) is 60.2 Å². The predicted octanol–water partition coefficient (Wildman–Crippen LogP) is 3.16. The third-order valence-electron chi connectivity index (χ3n) is 5.46. The zero-order valence-electron chi connectivity index (χ0n) is 15.5. The highest BCUT2D eigenvalue weighted by Gasteiger charge is 2.29. The Morgan fingerprint density at radius 2 is 2.04 bits per heavy atom. The Labute approximate surface area is 154 Å². The third kappa shape index (κ3) is 3.20. The lowest BCUT2D eigenvalue weighted by Gasteiger charge is -2.40. The van der Waals surface area contributed by atoms with E-state index in [1.54, 1.807) is 0 Å². The van der Waals surface area contributed by atoms with Crippen molar-refractivity contribution in [1.29, 1.82) is 0 Å². The van der Waals surface area contributed by atoms with Crippen molar-refractivity contribution in [3.8, 4) is 5.75 Å². The van der Waals surface area contributed by atoms with Crippen LogP contribution in [0.1, 0.15) is 24.4 Å². The highest BCUT2D eigenvalue weighted by atomic mass is 16.3. The topological polar surface area (TPSA) is 44.5 Å². The van der Waals surface area contributed by atoms with Crippen molar-refractivity contribution in [2.24, 2.45) is 7.05 Å². The van der Waals surface area contributed by atoms with E-state index in [9.17, 15) is 5.11 Å². The number of phenols is 1. The Hall–Kier alpha value is -2.37. The van der Waals surface area contributed by atoms with Crippen LogP contribution in [0.4, 0.5) is 0 Å². The maximum Gasteiger partial charge on any atom is 0.127 e. The van der Waals surface area contributed by atoms with E-state index < -0.39 is 0 Å². The number of piperazine rings is 1. The SMILES string of the molecule is CCN1CCN(Cc2cc(O)cc3ccccc23)CC1c1nccn1C. The Morgan fingerprint density at radius 3 is 2.81 bits per heavy atom. The fourth-order valence-electron chi connectivity index (χ4n) is 4.09. The van der Waals surface area contributed by atoms with E-state index >= 15 is 0 Å². The van der Waals surface area contributed by atoms with Crippen LogP contribution in [-0.4, -0.2) is 50.6 Å². The minimum absolute atomic E-state index is 0.303. The van der Waals surface area contributed by atoms with Gasteiger partial charge in [0.25, 0.3) is 0 Å². The van der Waals surface area contributed by atoms with Crippen molar-refractivity contribution in [2.75, 3.05) is 26.2 Å². The Kier molecular flexibility index (Phi) is 4.66. The van der Waals surface area contributed by atoms with E-state index in [0.29, 0.717) is 11.8 Å². The van der Waals surface area contributed by atoms with E-state index in [1.165, 1.54) is 10.9 Å². The van der Waals surface area contributed by atoms with Gasteiger partial charge in [-0.2, -0.15) is 0 Å². The first kappa shape index (κ1) is 17.1. The third-order valence-corrected chi connectivity index (χ3v) is 5.46. The number of nitrogens with zero attached hydrogens (tertiary/aromatic N) is 4. The number of rotatable bonds is 4. The van der Waals surface area contributed by atoms with Gasteiger partial charge in [-0.1, -0.05) is 31.2 Å².